The van der Waals surface area contributed by atoms with E-state index < -0.39 is 0 Å². The fourth-order valence-electron chi connectivity index (χ4n) is 2.06. The number of methoxy groups -OCH3 is 3. The molecule has 0 saturated heterocycles. The summed E-state index contributed by atoms with van der Waals surface area (Å²) in [6.07, 6.45) is 1.45. The number of benzene rings is 1. The minimum absolute atomic E-state index is 0.202. The molecule has 0 aliphatic carbocycles. The Morgan fingerprint density at radius 3 is 2.14 bits per heavy atom. The summed E-state index contributed by atoms with van der Waals surface area (Å²) in [4.78, 5) is 11.0. The Morgan fingerprint density at radius 1 is 1.00 bits per heavy atom. The van der Waals surface area contributed by atoms with E-state index in [-0.39, 0.29) is 5.56 Å². The monoisotopic (exact) mass is 290 g/mol. The van der Waals surface area contributed by atoms with Crippen LogP contribution in [0.4, 0.5) is 0 Å². The van der Waals surface area contributed by atoms with Gasteiger partial charge in [0.1, 0.15) is 0 Å². The third-order valence-electron chi connectivity index (χ3n) is 3.13. The second-order valence-corrected chi connectivity index (χ2v) is 4.45. The molecule has 0 spiro atoms. The van der Waals surface area contributed by atoms with Gasteiger partial charge in [0.25, 0.3) is 5.56 Å². The number of aromatic nitrogens is 2. The minimum Gasteiger partial charge on any atom is -0.493 e. The van der Waals surface area contributed by atoms with Gasteiger partial charge in [0.15, 0.2) is 11.5 Å². The molecule has 0 unspecified atom stereocenters. The Hall–Kier alpha value is -2.50. The van der Waals surface area contributed by atoms with E-state index in [2.05, 4.69) is 10.2 Å². The summed E-state index contributed by atoms with van der Waals surface area (Å²) in [6, 6.07) is 7.01. The highest BCUT2D eigenvalue weighted by Gasteiger charge is 2.13. The average Bonchev–Trinajstić information content (AvgIpc) is 2.53. The van der Waals surface area contributed by atoms with Crippen molar-refractivity contribution in [2.75, 3.05) is 21.3 Å². The van der Waals surface area contributed by atoms with Gasteiger partial charge in [-0.3, -0.25) is 4.79 Å². The number of hydrogen-bond donors (Lipinski definition) is 1. The zero-order valence-corrected chi connectivity index (χ0v) is 12.3. The molecule has 1 heterocycles. The largest absolute Gasteiger partial charge is 0.493 e. The van der Waals surface area contributed by atoms with E-state index >= 15 is 0 Å². The molecule has 2 aromatic rings. The molecule has 0 saturated carbocycles. The molecule has 21 heavy (non-hydrogen) atoms. The van der Waals surface area contributed by atoms with Gasteiger partial charge < -0.3 is 14.2 Å². The summed E-state index contributed by atoms with van der Waals surface area (Å²) < 4.78 is 15.9. The first-order valence-corrected chi connectivity index (χ1v) is 6.51. The van der Waals surface area contributed by atoms with Crippen molar-refractivity contribution in [3.05, 3.63) is 45.9 Å². The van der Waals surface area contributed by atoms with E-state index in [9.17, 15) is 4.79 Å². The molecule has 0 aliphatic rings. The quantitative estimate of drug-likeness (QED) is 0.874. The standard InChI is InChI=1S/C15H18N2O4/c1-19-12-8-10(9-13(20-2)15(12)21-3)4-5-11-6-7-14(18)17-16-11/h6-9H,4-5H2,1-3H3,(H,17,18). The van der Waals surface area contributed by atoms with Gasteiger partial charge in [-0.1, -0.05) is 0 Å². The van der Waals surface area contributed by atoms with Crippen LogP contribution >= 0.6 is 0 Å². The summed E-state index contributed by atoms with van der Waals surface area (Å²) in [6.45, 7) is 0. The van der Waals surface area contributed by atoms with Crippen LogP contribution in [0.1, 0.15) is 11.3 Å². The summed E-state index contributed by atoms with van der Waals surface area (Å²) in [7, 11) is 4.75. The average molecular weight is 290 g/mol. The molecule has 2 rings (SSSR count). The van der Waals surface area contributed by atoms with Crippen molar-refractivity contribution in [3.63, 3.8) is 0 Å². The van der Waals surface area contributed by atoms with Crippen molar-refractivity contribution < 1.29 is 14.2 Å². The van der Waals surface area contributed by atoms with E-state index in [1.165, 1.54) is 6.07 Å². The summed E-state index contributed by atoms with van der Waals surface area (Å²) in [5.41, 5.74) is 1.66. The van der Waals surface area contributed by atoms with Crippen molar-refractivity contribution in [3.8, 4) is 17.2 Å². The summed E-state index contributed by atoms with van der Waals surface area (Å²) in [5, 5.41) is 6.41. The van der Waals surface area contributed by atoms with Crippen LogP contribution in [0.15, 0.2) is 29.1 Å². The Kier molecular flexibility index (Phi) is 4.81. The van der Waals surface area contributed by atoms with Crippen LogP contribution in [0.2, 0.25) is 0 Å². The van der Waals surface area contributed by atoms with E-state index in [0.717, 1.165) is 17.7 Å². The number of aromatic amines is 1. The molecule has 0 atom stereocenters. The lowest BCUT2D eigenvalue weighted by atomic mass is 10.1. The predicted molar refractivity (Wildman–Crippen MR) is 78.4 cm³/mol. The Morgan fingerprint density at radius 2 is 1.67 bits per heavy atom. The van der Waals surface area contributed by atoms with Crippen LogP contribution in [-0.2, 0) is 12.8 Å². The van der Waals surface area contributed by atoms with Gasteiger partial charge >= 0.3 is 0 Å². The maximum atomic E-state index is 11.0. The Balaban J connectivity index is 2.19. The predicted octanol–water partition coefficient (Wildman–Crippen LogP) is 1.58. The number of rotatable bonds is 6. The fraction of sp³-hybridized carbons (Fsp3) is 0.333. The molecule has 1 aromatic heterocycles. The first-order chi connectivity index (χ1) is 10.2. The van der Waals surface area contributed by atoms with Gasteiger partial charge in [0, 0.05) is 6.07 Å². The molecule has 0 radical (unpaired) electrons. The molecule has 6 nitrogen and oxygen atoms in total. The van der Waals surface area contributed by atoms with E-state index in [0.29, 0.717) is 23.7 Å². The highest BCUT2D eigenvalue weighted by Crippen LogP contribution is 2.38. The van der Waals surface area contributed by atoms with E-state index in [1.54, 1.807) is 27.4 Å². The molecule has 0 aliphatic heterocycles. The highest BCUT2D eigenvalue weighted by molar-refractivity contribution is 5.53. The lowest BCUT2D eigenvalue weighted by Crippen LogP contribution is -2.08. The van der Waals surface area contributed by atoms with Gasteiger partial charge in [-0.2, -0.15) is 5.10 Å². The van der Waals surface area contributed by atoms with Crippen molar-refractivity contribution in [2.24, 2.45) is 0 Å². The van der Waals surface area contributed by atoms with Gasteiger partial charge in [-0.05, 0) is 36.6 Å². The van der Waals surface area contributed by atoms with Crippen LogP contribution < -0.4 is 19.8 Å². The van der Waals surface area contributed by atoms with Crippen molar-refractivity contribution in [2.45, 2.75) is 12.8 Å². The van der Waals surface area contributed by atoms with Crippen molar-refractivity contribution in [1.82, 2.24) is 10.2 Å². The zero-order valence-electron chi connectivity index (χ0n) is 12.3. The number of nitrogens with one attached hydrogen (secondary N) is 1. The molecule has 112 valence electrons. The van der Waals surface area contributed by atoms with Crippen LogP contribution in [0.5, 0.6) is 17.2 Å². The SMILES string of the molecule is COc1cc(CCc2ccc(=O)[nH]n2)cc(OC)c1OC. The third kappa shape index (κ3) is 3.53. The van der Waals surface area contributed by atoms with Crippen LogP contribution in [0, 0.1) is 0 Å². The first kappa shape index (κ1) is 14.9. The number of aryl methyl sites for hydroxylation is 2. The van der Waals surface area contributed by atoms with Crippen LogP contribution in [-0.4, -0.2) is 31.5 Å². The zero-order chi connectivity index (χ0) is 15.2. The molecule has 1 aromatic carbocycles. The Bertz CT molecular complexity index is 621. The van der Waals surface area contributed by atoms with Crippen molar-refractivity contribution in [1.29, 1.82) is 0 Å². The Labute approximate surface area is 122 Å². The van der Waals surface area contributed by atoms with Gasteiger partial charge in [-0.25, -0.2) is 5.10 Å². The topological polar surface area (TPSA) is 73.4 Å². The number of nitrogens with zero attached hydrogens (tertiary/aromatic N) is 1. The van der Waals surface area contributed by atoms with Crippen LogP contribution in [0.3, 0.4) is 0 Å². The number of H-pyrrole nitrogens is 1. The number of ether oxygens (including phenoxy) is 3. The summed E-state index contributed by atoms with van der Waals surface area (Å²) >= 11 is 0. The van der Waals surface area contributed by atoms with Crippen molar-refractivity contribution >= 4 is 0 Å². The molecular weight excluding hydrogens is 272 g/mol. The molecule has 0 bridgehead atoms. The third-order valence-corrected chi connectivity index (χ3v) is 3.13. The normalized spacial score (nSPS) is 10.2. The van der Waals surface area contributed by atoms with E-state index in [1.807, 2.05) is 12.1 Å². The van der Waals surface area contributed by atoms with Gasteiger partial charge in [0.2, 0.25) is 5.75 Å². The molecule has 0 fully saturated rings. The lowest BCUT2D eigenvalue weighted by molar-refractivity contribution is 0.324. The molecular formula is C15H18N2O4. The highest BCUT2D eigenvalue weighted by atomic mass is 16.5. The number of hydrogen-bond acceptors (Lipinski definition) is 5. The minimum atomic E-state index is -0.202. The van der Waals surface area contributed by atoms with Gasteiger partial charge in [-0.15, -0.1) is 0 Å². The molecule has 1 N–H and O–H groups in total. The summed E-state index contributed by atoms with van der Waals surface area (Å²) in [5.74, 6) is 1.83. The second-order valence-electron chi connectivity index (χ2n) is 4.45. The second kappa shape index (κ2) is 6.78. The van der Waals surface area contributed by atoms with Crippen LogP contribution in [0.25, 0.3) is 0 Å². The van der Waals surface area contributed by atoms with E-state index in [4.69, 9.17) is 14.2 Å². The van der Waals surface area contributed by atoms with Gasteiger partial charge in [0.05, 0.1) is 27.0 Å². The maximum Gasteiger partial charge on any atom is 0.264 e. The smallest absolute Gasteiger partial charge is 0.264 e. The molecule has 0 amide bonds. The lowest BCUT2D eigenvalue weighted by Gasteiger charge is -2.14. The first-order valence-electron chi connectivity index (χ1n) is 6.51. The maximum absolute atomic E-state index is 11.0. The molecule has 6 heteroatoms. The fourth-order valence-corrected chi connectivity index (χ4v) is 2.06.